The molecule has 0 aliphatic carbocycles. The van der Waals surface area contributed by atoms with Gasteiger partial charge in [-0.2, -0.15) is 0 Å². The number of hydrogen-bond donors (Lipinski definition) is 0. The van der Waals surface area contributed by atoms with Gasteiger partial charge in [-0.1, -0.05) is 24.4 Å². The molecule has 0 fully saturated rings. The minimum absolute atomic E-state index is 0.684. The summed E-state index contributed by atoms with van der Waals surface area (Å²) in [6, 6.07) is 0. The quantitative estimate of drug-likeness (QED) is 0.542. The molecule has 0 heterocycles. The van der Waals surface area contributed by atoms with Crippen LogP contribution >= 0.6 is 6.89 Å². The van der Waals surface area contributed by atoms with Crippen LogP contribution in [-0.4, -0.2) is 25.8 Å². The third kappa shape index (κ3) is 6.16. The molecule has 0 radical (unpaired) electrons. The van der Waals surface area contributed by atoms with Crippen molar-refractivity contribution in [1.82, 2.24) is 0 Å². The number of rotatable bonds is 2. The van der Waals surface area contributed by atoms with Crippen LogP contribution in [0, 0.1) is 0 Å². The standard InChI is InChI=1S/C9H19P/c1-6-9(2)7-8-10(3,4)5/h7-8H,6H2,1-5H3/b9-7-. The van der Waals surface area contributed by atoms with Crippen LogP contribution in [0.4, 0.5) is 0 Å². The van der Waals surface area contributed by atoms with Crippen LogP contribution < -0.4 is 0 Å². The highest BCUT2D eigenvalue weighted by molar-refractivity contribution is 7.73. The molecule has 0 aromatic rings. The summed E-state index contributed by atoms with van der Waals surface area (Å²) in [5.74, 6) is 2.37. The molecule has 0 aliphatic rings. The molecule has 60 valence electrons. The lowest BCUT2D eigenvalue weighted by Crippen LogP contribution is -1.78. The van der Waals surface area contributed by atoms with Gasteiger partial charge in [-0.25, -0.2) is 0 Å². The molecular formula is C9H19P. The monoisotopic (exact) mass is 158 g/mol. The van der Waals surface area contributed by atoms with Crippen molar-refractivity contribution in [3.63, 3.8) is 0 Å². The fourth-order valence-corrected chi connectivity index (χ4v) is 1.17. The largest absolute Gasteiger partial charge is 0.114 e. The maximum absolute atomic E-state index is 2.37. The van der Waals surface area contributed by atoms with Crippen molar-refractivity contribution in [2.45, 2.75) is 20.3 Å². The van der Waals surface area contributed by atoms with Crippen LogP contribution in [0.2, 0.25) is 0 Å². The Labute approximate surface area is 65.3 Å². The molecule has 0 aliphatic heterocycles. The SMILES string of the molecule is CC/C(C)=C\C=P(C)(C)C. The average molecular weight is 158 g/mol. The molecule has 0 N–H and O–H groups in total. The second-order valence-electron chi connectivity index (χ2n) is 3.63. The van der Waals surface area contributed by atoms with Crippen LogP contribution in [-0.2, 0) is 0 Å². The average Bonchev–Trinajstić information content (AvgIpc) is 1.81. The highest BCUT2D eigenvalue weighted by Gasteiger charge is 1.89. The van der Waals surface area contributed by atoms with E-state index < -0.39 is 6.89 Å². The maximum Gasteiger partial charge on any atom is -0.0349 e. The van der Waals surface area contributed by atoms with E-state index in [2.05, 4.69) is 45.7 Å². The van der Waals surface area contributed by atoms with Gasteiger partial charge in [0, 0.05) is 0 Å². The second kappa shape index (κ2) is 4.03. The van der Waals surface area contributed by atoms with Crippen LogP contribution in [0.1, 0.15) is 20.3 Å². The van der Waals surface area contributed by atoms with E-state index in [1.807, 2.05) is 0 Å². The Bertz CT molecular complexity index is 161. The normalized spacial score (nSPS) is 13.5. The van der Waals surface area contributed by atoms with E-state index in [4.69, 9.17) is 0 Å². The highest BCUT2D eigenvalue weighted by atomic mass is 31.2. The Kier molecular flexibility index (Phi) is 4.05. The molecule has 0 aromatic carbocycles. The van der Waals surface area contributed by atoms with Gasteiger partial charge in [0.1, 0.15) is 0 Å². The Morgan fingerprint density at radius 2 is 1.80 bits per heavy atom. The lowest BCUT2D eigenvalue weighted by molar-refractivity contribution is 1.10. The van der Waals surface area contributed by atoms with Crippen molar-refractivity contribution in [2.75, 3.05) is 20.0 Å². The first-order valence-electron chi connectivity index (χ1n) is 3.78. The molecule has 0 atom stereocenters. The lowest BCUT2D eigenvalue weighted by atomic mass is 10.2. The van der Waals surface area contributed by atoms with Crippen LogP contribution in [0.5, 0.6) is 0 Å². The number of hydrogen-bond acceptors (Lipinski definition) is 0. The first-order chi connectivity index (χ1) is 4.45. The Balaban J connectivity index is 4.19. The summed E-state index contributed by atoms with van der Waals surface area (Å²) < 4.78 is 0. The van der Waals surface area contributed by atoms with Crippen LogP contribution in [0.15, 0.2) is 11.6 Å². The molecule has 0 rings (SSSR count). The van der Waals surface area contributed by atoms with Gasteiger partial charge in [0.25, 0.3) is 0 Å². The fourth-order valence-electron chi connectivity index (χ4n) is 0.469. The molecule has 0 saturated heterocycles. The van der Waals surface area contributed by atoms with E-state index >= 15 is 0 Å². The topological polar surface area (TPSA) is 0 Å². The Morgan fingerprint density at radius 1 is 1.30 bits per heavy atom. The third-order valence-electron chi connectivity index (χ3n) is 1.36. The van der Waals surface area contributed by atoms with Gasteiger partial charge in [0.2, 0.25) is 0 Å². The molecule has 0 spiro atoms. The summed E-state index contributed by atoms with van der Waals surface area (Å²) in [7, 11) is 0. The minimum Gasteiger partial charge on any atom is -0.114 e. The Hall–Kier alpha value is 0.0400. The van der Waals surface area contributed by atoms with E-state index in [9.17, 15) is 0 Å². The minimum atomic E-state index is -0.684. The summed E-state index contributed by atoms with van der Waals surface area (Å²) in [5, 5.41) is 0. The molecule has 0 bridgehead atoms. The second-order valence-corrected chi connectivity index (χ2v) is 8.16. The third-order valence-corrected chi connectivity index (χ3v) is 2.41. The fraction of sp³-hybridized carbons (Fsp3) is 0.667. The van der Waals surface area contributed by atoms with Gasteiger partial charge in [-0.3, -0.25) is 0 Å². The van der Waals surface area contributed by atoms with Gasteiger partial charge < -0.3 is 0 Å². The Morgan fingerprint density at radius 3 is 2.10 bits per heavy atom. The zero-order valence-electron chi connectivity index (χ0n) is 7.81. The van der Waals surface area contributed by atoms with Crippen LogP contribution in [0.3, 0.4) is 0 Å². The molecule has 1 heteroatoms. The number of allylic oxidation sites excluding steroid dienone is 2. The van der Waals surface area contributed by atoms with Crippen molar-refractivity contribution >= 4 is 12.7 Å². The molecule has 0 amide bonds. The summed E-state index contributed by atoms with van der Waals surface area (Å²) in [6.07, 6.45) is 3.45. The summed E-state index contributed by atoms with van der Waals surface area (Å²) >= 11 is 0. The van der Waals surface area contributed by atoms with E-state index in [1.54, 1.807) is 0 Å². The van der Waals surface area contributed by atoms with E-state index in [0.717, 1.165) is 0 Å². The predicted octanol–water partition coefficient (Wildman–Crippen LogP) is 3.05. The first-order valence-corrected chi connectivity index (χ1v) is 6.98. The zero-order chi connectivity index (χ0) is 8.20. The molecular weight excluding hydrogens is 139 g/mol. The van der Waals surface area contributed by atoms with Gasteiger partial charge in [0.15, 0.2) is 0 Å². The zero-order valence-corrected chi connectivity index (χ0v) is 8.70. The summed E-state index contributed by atoms with van der Waals surface area (Å²) in [4.78, 5) is 0. The summed E-state index contributed by atoms with van der Waals surface area (Å²) in [5.41, 5.74) is 1.48. The lowest BCUT2D eigenvalue weighted by Gasteiger charge is -2.03. The summed E-state index contributed by atoms with van der Waals surface area (Å²) in [6.45, 7) is 10.7. The molecule has 10 heavy (non-hydrogen) atoms. The van der Waals surface area contributed by atoms with E-state index in [-0.39, 0.29) is 0 Å². The first kappa shape index (κ1) is 10.0. The smallest absolute Gasteiger partial charge is 0.0349 e. The van der Waals surface area contributed by atoms with Crippen molar-refractivity contribution in [2.24, 2.45) is 0 Å². The molecule has 0 saturated carbocycles. The van der Waals surface area contributed by atoms with Crippen molar-refractivity contribution < 1.29 is 0 Å². The molecule has 0 unspecified atom stereocenters. The van der Waals surface area contributed by atoms with Gasteiger partial charge >= 0.3 is 0 Å². The van der Waals surface area contributed by atoms with Crippen molar-refractivity contribution in [3.8, 4) is 0 Å². The van der Waals surface area contributed by atoms with Gasteiger partial charge in [-0.15, -0.1) is 6.89 Å². The molecule has 0 aromatic heterocycles. The van der Waals surface area contributed by atoms with Crippen LogP contribution in [0.25, 0.3) is 0 Å². The highest BCUT2D eigenvalue weighted by Crippen LogP contribution is 2.31. The van der Waals surface area contributed by atoms with E-state index in [1.165, 1.54) is 12.0 Å². The maximum atomic E-state index is 2.37. The molecule has 0 nitrogen and oxygen atoms in total. The van der Waals surface area contributed by atoms with E-state index in [0.29, 0.717) is 0 Å². The van der Waals surface area contributed by atoms with Crippen molar-refractivity contribution in [3.05, 3.63) is 11.6 Å². The van der Waals surface area contributed by atoms with Gasteiger partial charge in [0.05, 0.1) is 0 Å². The van der Waals surface area contributed by atoms with Crippen molar-refractivity contribution in [1.29, 1.82) is 0 Å². The van der Waals surface area contributed by atoms with Gasteiger partial charge in [-0.05, 0) is 33.3 Å². The predicted molar refractivity (Wildman–Crippen MR) is 54.8 cm³/mol.